The van der Waals surface area contributed by atoms with Gasteiger partial charge in [0.2, 0.25) is 0 Å². The van der Waals surface area contributed by atoms with Gasteiger partial charge in [-0.15, -0.1) is 0 Å². The summed E-state index contributed by atoms with van der Waals surface area (Å²) in [5, 5.41) is 0. The molecule has 0 bridgehead atoms. The van der Waals surface area contributed by atoms with Crippen LogP contribution < -0.4 is 0 Å². The molecule has 0 aliphatic rings. The van der Waals surface area contributed by atoms with Crippen molar-refractivity contribution in [3.63, 3.8) is 0 Å². The molecule has 7 heteroatoms. The Morgan fingerprint density at radius 1 is 0.517 bits per heavy atom. The molecular formula is C22H44N2S4Te. The van der Waals surface area contributed by atoms with Crippen LogP contribution in [0.25, 0.3) is 0 Å². The fraction of sp³-hybridized carbons (Fsp3) is 0.909. The molecule has 0 aliphatic heterocycles. The van der Waals surface area contributed by atoms with Crippen LogP contribution in [0, 0.1) is 0 Å². The topological polar surface area (TPSA) is 6.48 Å². The third-order valence-electron chi connectivity index (χ3n) is 4.64. The maximum absolute atomic E-state index is 5.06. The minimum absolute atomic E-state index is 0. The molecule has 0 aromatic carbocycles. The molecular weight excluding hydrogens is 548 g/mol. The Morgan fingerprint density at radius 3 is 0.862 bits per heavy atom. The molecule has 0 aromatic heterocycles. The Kier molecular flexibility index (Phi) is 32.3. The van der Waals surface area contributed by atoms with E-state index in [1.807, 2.05) is 0 Å². The van der Waals surface area contributed by atoms with Gasteiger partial charge in [0.1, 0.15) is 0 Å². The van der Waals surface area contributed by atoms with Crippen molar-refractivity contribution in [1.82, 2.24) is 9.80 Å². The largest absolute Gasteiger partial charge is 2.00 e. The van der Waals surface area contributed by atoms with Crippen LogP contribution in [-0.4, -0.2) is 68.3 Å². The molecule has 172 valence electrons. The SMILES string of the molecule is CCCCCN(CCCCC)C(=S)[S-].CCCCCN(CCCCC)C(=S)[S-].[Te+2]. The van der Waals surface area contributed by atoms with E-state index in [2.05, 4.69) is 37.5 Å². The summed E-state index contributed by atoms with van der Waals surface area (Å²) in [6.45, 7) is 13.1. The predicted molar refractivity (Wildman–Crippen MR) is 147 cm³/mol. The van der Waals surface area contributed by atoms with Crippen molar-refractivity contribution in [1.29, 1.82) is 0 Å². The van der Waals surface area contributed by atoms with Crippen LogP contribution in [0.15, 0.2) is 0 Å². The van der Waals surface area contributed by atoms with Crippen molar-refractivity contribution in [2.24, 2.45) is 0 Å². The van der Waals surface area contributed by atoms with E-state index in [9.17, 15) is 0 Å². The number of thiocarbonyl (C=S) groups is 2. The second-order valence-corrected chi connectivity index (χ2v) is 9.40. The Hall–Kier alpha value is 1.01. The molecule has 2 nitrogen and oxygen atoms in total. The van der Waals surface area contributed by atoms with Gasteiger partial charge in [0.15, 0.2) is 0 Å². The molecule has 0 amide bonds. The molecule has 0 N–H and O–H groups in total. The number of nitrogens with zero attached hydrogens (tertiary/aromatic N) is 2. The van der Waals surface area contributed by atoms with E-state index < -0.39 is 0 Å². The smallest absolute Gasteiger partial charge is 0.411 e. The number of hydrogen-bond acceptors (Lipinski definition) is 4. The molecule has 0 aliphatic carbocycles. The monoisotopic (exact) mass is 594 g/mol. The summed E-state index contributed by atoms with van der Waals surface area (Å²) in [6.07, 6.45) is 15.0. The van der Waals surface area contributed by atoms with E-state index in [-0.39, 0.29) is 23.7 Å². The quantitative estimate of drug-likeness (QED) is 0.0855. The minimum atomic E-state index is 0. The van der Waals surface area contributed by atoms with Gasteiger partial charge in [-0.2, -0.15) is 0 Å². The van der Waals surface area contributed by atoms with E-state index in [0.717, 1.165) is 26.2 Å². The van der Waals surface area contributed by atoms with Gasteiger partial charge in [-0.05, 0) is 25.7 Å². The van der Waals surface area contributed by atoms with Gasteiger partial charge in [-0.1, -0.05) is 87.7 Å². The molecule has 0 rings (SSSR count). The van der Waals surface area contributed by atoms with Crippen molar-refractivity contribution in [2.75, 3.05) is 26.2 Å². The predicted octanol–water partition coefficient (Wildman–Crippen LogP) is 6.62. The summed E-state index contributed by atoms with van der Waals surface area (Å²) < 4.78 is 1.30. The van der Waals surface area contributed by atoms with Crippen LogP contribution in [0.5, 0.6) is 0 Å². The summed E-state index contributed by atoms with van der Waals surface area (Å²) in [5.41, 5.74) is 0. The molecule has 0 saturated carbocycles. The van der Waals surface area contributed by atoms with Crippen LogP contribution >= 0.6 is 24.4 Å². The van der Waals surface area contributed by atoms with Crippen molar-refractivity contribution in [3.05, 3.63) is 0 Å². The zero-order chi connectivity index (χ0) is 21.6. The molecule has 0 atom stereocenters. The zero-order valence-electron chi connectivity index (χ0n) is 19.2. The summed E-state index contributed by atoms with van der Waals surface area (Å²) in [6, 6.07) is 0. The Bertz CT molecular complexity index is 317. The van der Waals surface area contributed by atoms with Crippen molar-refractivity contribution >= 4 is 82.0 Å². The fourth-order valence-electron chi connectivity index (χ4n) is 2.80. The van der Waals surface area contributed by atoms with Gasteiger partial charge < -0.3 is 59.5 Å². The summed E-state index contributed by atoms with van der Waals surface area (Å²) in [7, 11) is 0. The molecule has 0 saturated heterocycles. The molecule has 29 heavy (non-hydrogen) atoms. The van der Waals surface area contributed by atoms with Gasteiger partial charge in [0.25, 0.3) is 0 Å². The minimum Gasteiger partial charge on any atom is -0.411 e. The van der Waals surface area contributed by atoms with Crippen molar-refractivity contribution < 1.29 is 0 Å². The number of hydrogen-bond donors (Lipinski definition) is 0. The fourth-order valence-corrected chi connectivity index (χ4v) is 3.53. The first kappa shape index (κ1) is 34.6. The van der Waals surface area contributed by atoms with E-state index >= 15 is 0 Å². The van der Waals surface area contributed by atoms with Crippen LogP contribution in [0.1, 0.15) is 105 Å². The Morgan fingerprint density at radius 2 is 0.724 bits per heavy atom. The van der Waals surface area contributed by atoms with Crippen LogP contribution in [-0.2, 0) is 25.3 Å². The van der Waals surface area contributed by atoms with Gasteiger partial charge >= 0.3 is 23.7 Å². The molecule has 0 heterocycles. The molecule has 0 fully saturated rings. The van der Waals surface area contributed by atoms with Crippen molar-refractivity contribution in [3.8, 4) is 0 Å². The van der Waals surface area contributed by atoms with Crippen LogP contribution in [0.3, 0.4) is 0 Å². The molecule has 0 spiro atoms. The summed E-state index contributed by atoms with van der Waals surface area (Å²) in [4.78, 5) is 4.35. The average molecular weight is 592 g/mol. The Labute approximate surface area is 221 Å². The van der Waals surface area contributed by atoms with E-state index in [1.54, 1.807) is 0 Å². The first-order valence-corrected chi connectivity index (χ1v) is 13.0. The number of unbranched alkanes of at least 4 members (excludes halogenated alkanes) is 8. The van der Waals surface area contributed by atoms with Gasteiger partial charge in [0.05, 0.1) is 0 Å². The maximum atomic E-state index is 5.06. The second-order valence-electron chi connectivity index (χ2n) is 7.33. The van der Waals surface area contributed by atoms with Gasteiger partial charge in [-0.25, -0.2) is 0 Å². The normalized spacial score (nSPS) is 9.79. The zero-order valence-corrected chi connectivity index (χ0v) is 24.8. The van der Waals surface area contributed by atoms with Crippen LogP contribution in [0.2, 0.25) is 0 Å². The number of rotatable bonds is 16. The van der Waals surface area contributed by atoms with E-state index in [4.69, 9.17) is 49.7 Å². The molecule has 0 aromatic rings. The van der Waals surface area contributed by atoms with Crippen LogP contribution in [0.4, 0.5) is 0 Å². The van der Waals surface area contributed by atoms with Crippen molar-refractivity contribution in [2.45, 2.75) is 105 Å². The third-order valence-corrected chi connectivity index (χ3v) is 5.68. The molecule has 0 unspecified atom stereocenters. The van der Waals surface area contributed by atoms with E-state index in [1.165, 1.54) is 77.0 Å². The third kappa shape index (κ3) is 25.1. The maximum Gasteiger partial charge on any atom is 2.00 e. The molecule has 4 radical (unpaired) electrons. The van der Waals surface area contributed by atoms with E-state index in [0.29, 0.717) is 8.64 Å². The van der Waals surface area contributed by atoms with Gasteiger partial charge in [-0.3, -0.25) is 0 Å². The second kappa shape index (κ2) is 27.0. The average Bonchev–Trinajstić information content (AvgIpc) is 2.66. The Balaban J connectivity index is -0.000000451. The summed E-state index contributed by atoms with van der Waals surface area (Å²) >= 11 is 20.2. The first-order chi connectivity index (χ1) is 13.4. The standard InChI is InChI=1S/2C11H23NS2.Te/c2*1-3-5-7-9-12(11(13)14)10-8-6-4-2;/h2*3-10H2,1-2H3,(H,13,14);/q;;+2/p-2. The first-order valence-electron chi connectivity index (χ1n) is 11.4. The van der Waals surface area contributed by atoms with Gasteiger partial charge in [0, 0.05) is 26.2 Å². The summed E-state index contributed by atoms with van der Waals surface area (Å²) in [5.74, 6) is 0.